The van der Waals surface area contributed by atoms with Crippen LogP contribution >= 0.6 is 9.47 Å². The Morgan fingerprint density at radius 2 is 1.39 bits per heavy atom. The standard InChI is InChI=1S/C20H39O2P/c1-2-3-17-20(22-23)18-15-13-11-9-7-5-4-6-8-10-12-14-16-19-21/h8,10,15,18,20-21H,2-7,9,11-14,16-17,19,23H2,1H3. The van der Waals surface area contributed by atoms with Crippen molar-refractivity contribution in [2.75, 3.05) is 6.61 Å². The van der Waals surface area contributed by atoms with Gasteiger partial charge in [-0.3, -0.25) is 0 Å². The quantitative estimate of drug-likeness (QED) is 0.189. The first-order chi connectivity index (χ1) is 11.3. The summed E-state index contributed by atoms with van der Waals surface area (Å²) in [5.74, 6) is 0. The Hall–Kier alpha value is -0.170. The number of hydrogen-bond acceptors (Lipinski definition) is 2. The van der Waals surface area contributed by atoms with E-state index >= 15 is 0 Å². The van der Waals surface area contributed by atoms with Gasteiger partial charge < -0.3 is 9.63 Å². The van der Waals surface area contributed by atoms with Gasteiger partial charge in [0.2, 0.25) is 0 Å². The van der Waals surface area contributed by atoms with Crippen LogP contribution in [0.4, 0.5) is 0 Å². The SMILES string of the molecule is CCCCC(C=CCCCCCCCC=CCCCCO)OP. The third kappa shape index (κ3) is 18.0. The van der Waals surface area contributed by atoms with Crippen molar-refractivity contribution in [2.45, 2.75) is 96.5 Å². The normalized spacial score (nSPS) is 13.3. The molecule has 0 radical (unpaired) electrons. The Kier molecular flexibility index (Phi) is 19.7. The van der Waals surface area contributed by atoms with Gasteiger partial charge in [-0.2, -0.15) is 0 Å². The first-order valence-corrected chi connectivity index (χ1v) is 10.1. The smallest absolute Gasteiger partial charge is 0.0791 e. The maximum atomic E-state index is 8.68. The minimum Gasteiger partial charge on any atom is -0.396 e. The first-order valence-electron chi connectivity index (χ1n) is 9.63. The predicted octanol–water partition coefficient (Wildman–Crippen LogP) is 6.36. The van der Waals surface area contributed by atoms with E-state index in [1.165, 1.54) is 57.8 Å². The molecule has 3 heteroatoms. The maximum Gasteiger partial charge on any atom is 0.0791 e. The van der Waals surface area contributed by atoms with Gasteiger partial charge in [-0.25, -0.2) is 0 Å². The topological polar surface area (TPSA) is 29.5 Å². The number of aliphatic hydroxyl groups excluding tert-OH is 1. The van der Waals surface area contributed by atoms with Crippen LogP contribution in [0.25, 0.3) is 0 Å². The summed E-state index contributed by atoms with van der Waals surface area (Å²) in [5.41, 5.74) is 0. The summed E-state index contributed by atoms with van der Waals surface area (Å²) in [6.07, 6.45) is 25.2. The summed E-state index contributed by atoms with van der Waals surface area (Å²) >= 11 is 0. The minimum atomic E-state index is 0.282. The van der Waals surface area contributed by atoms with Gasteiger partial charge in [0.25, 0.3) is 0 Å². The van der Waals surface area contributed by atoms with Crippen molar-refractivity contribution in [1.29, 1.82) is 0 Å². The molecule has 2 atom stereocenters. The molecule has 0 bridgehead atoms. The van der Waals surface area contributed by atoms with Crippen LogP contribution in [0.15, 0.2) is 24.3 Å². The van der Waals surface area contributed by atoms with Crippen molar-refractivity contribution in [3.05, 3.63) is 24.3 Å². The molecule has 0 aliphatic carbocycles. The molecule has 0 aromatic carbocycles. The highest BCUT2D eigenvalue weighted by atomic mass is 31.0. The van der Waals surface area contributed by atoms with Crippen LogP contribution < -0.4 is 0 Å². The summed E-state index contributed by atoms with van der Waals surface area (Å²) in [4.78, 5) is 0. The Morgan fingerprint density at radius 1 is 0.826 bits per heavy atom. The zero-order chi connectivity index (χ0) is 17.0. The average Bonchev–Trinajstić information content (AvgIpc) is 2.57. The van der Waals surface area contributed by atoms with E-state index in [1.807, 2.05) is 0 Å². The molecule has 0 aromatic rings. The van der Waals surface area contributed by atoms with Crippen molar-refractivity contribution in [2.24, 2.45) is 0 Å². The number of unbranched alkanes of at least 4 members (excludes halogenated alkanes) is 9. The van der Waals surface area contributed by atoms with Crippen LogP contribution in [0.1, 0.15) is 90.4 Å². The molecular formula is C20H39O2P. The van der Waals surface area contributed by atoms with Crippen LogP contribution in [0.2, 0.25) is 0 Å². The van der Waals surface area contributed by atoms with Crippen LogP contribution in [-0.2, 0) is 4.52 Å². The van der Waals surface area contributed by atoms with Crippen molar-refractivity contribution < 1.29 is 9.63 Å². The summed E-state index contributed by atoms with van der Waals surface area (Å²) in [5, 5.41) is 8.68. The fourth-order valence-corrected chi connectivity index (χ4v) is 2.75. The summed E-state index contributed by atoms with van der Waals surface area (Å²) in [6.45, 7) is 2.55. The predicted molar refractivity (Wildman–Crippen MR) is 106 cm³/mol. The van der Waals surface area contributed by atoms with Crippen LogP contribution in [0, 0.1) is 0 Å². The highest BCUT2D eigenvalue weighted by molar-refractivity contribution is 7.09. The molecule has 0 fully saturated rings. The van der Waals surface area contributed by atoms with E-state index < -0.39 is 0 Å². The fourth-order valence-electron chi connectivity index (χ4n) is 2.53. The molecule has 0 saturated heterocycles. The molecule has 0 spiro atoms. The van der Waals surface area contributed by atoms with E-state index in [2.05, 4.69) is 40.7 Å². The zero-order valence-corrected chi connectivity index (χ0v) is 16.4. The second-order valence-electron chi connectivity index (χ2n) is 6.28. The molecule has 2 nitrogen and oxygen atoms in total. The van der Waals surface area contributed by atoms with E-state index in [1.54, 1.807) is 0 Å². The third-order valence-corrected chi connectivity index (χ3v) is 4.40. The lowest BCUT2D eigenvalue weighted by Gasteiger charge is -2.09. The van der Waals surface area contributed by atoms with Gasteiger partial charge in [0, 0.05) is 16.1 Å². The average molecular weight is 343 g/mol. The van der Waals surface area contributed by atoms with Gasteiger partial charge >= 0.3 is 0 Å². The largest absolute Gasteiger partial charge is 0.396 e. The molecule has 0 aromatic heterocycles. The molecule has 1 N–H and O–H groups in total. The molecule has 0 aliphatic heterocycles. The molecule has 0 aliphatic rings. The fraction of sp³-hybridized carbons (Fsp3) is 0.800. The van der Waals surface area contributed by atoms with Crippen molar-refractivity contribution in [3.63, 3.8) is 0 Å². The Bertz CT molecular complexity index is 277. The molecule has 136 valence electrons. The highest BCUT2D eigenvalue weighted by Gasteiger charge is 2.00. The molecule has 0 heterocycles. The number of hydrogen-bond donors (Lipinski definition) is 1. The lowest BCUT2D eigenvalue weighted by atomic mass is 10.1. The summed E-state index contributed by atoms with van der Waals surface area (Å²) in [6, 6.07) is 0. The Labute approximate surface area is 147 Å². The second kappa shape index (κ2) is 19.9. The van der Waals surface area contributed by atoms with Crippen LogP contribution in [0.5, 0.6) is 0 Å². The van der Waals surface area contributed by atoms with Crippen LogP contribution in [-0.4, -0.2) is 17.8 Å². The third-order valence-electron chi connectivity index (χ3n) is 4.05. The van der Waals surface area contributed by atoms with E-state index in [-0.39, 0.29) is 6.10 Å². The Balaban J connectivity index is 3.32. The van der Waals surface area contributed by atoms with Crippen molar-refractivity contribution in [3.8, 4) is 0 Å². The summed E-state index contributed by atoms with van der Waals surface area (Å²) < 4.78 is 5.38. The molecular weight excluding hydrogens is 303 g/mol. The van der Waals surface area contributed by atoms with Gasteiger partial charge in [-0.1, -0.05) is 63.3 Å². The monoisotopic (exact) mass is 342 g/mol. The van der Waals surface area contributed by atoms with Gasteiger partial charge in [-0.05, 0) is 51.4 Å². The van der Waals surface area contributed by atoms with E-state index in [0.29, 0.717) is 6.61 Å². The van der Waals surface area contributed by atoms with Gasteiger partial charge in [0.15, 0.2) is 0 Å². The number of aliphatic hydroxyl groups is 1. The van der Waals surface area contributed by atoms with Crippen LogP contribution in [0.3, 0.4) is 0 Å². The number of rotatable bonds is 17. The van der Waals surface area contributed by atoms with Crippen molar-refractivity contribution in [1.82, 2.24) is 0 Å². The first kappa shape index (κ1) is 22.8. The van der Waals surface area contributed by atoms with Gasteiger partial charge in [0.05, 0.1) is 6.10 Å². The van der Waals surface area contributed by atoms with Gasteiger partial charge in [0.1, 0.15) is 0 Å². The van der Waals surface area contributed by atoms with E-state index in [0.717, 1.165) is 25.7 Å². The van der Waals surface area contributed by atoms with E-state index in [9.17, 15) is 0 Å². The summed E-state index contributed by atoms with van der Waals surface area (Å²) in [7, 11) is 2.39. The highest BCUT2D eigenvalue weighted by Crippen LogP contribution is 2.12. The second-order valence-corrected chi connectivity index (χ2v) is 6.55. The van der Waals surface area contributed by atoms with Crippen molar-refractivity contribution >= 4 is 9.47 Å². The lowest BCUT2D eigenvalue weighted by molar-refractivity contribution is 0.275. The molecule has 23 heavy (non-hydrogen) atoms. The molecule has 0 saturated carbocycles. The lowest BCUT2D eigenvalue weighted by Crippen LogP contribution is -2.02. The molecule has 0 amide bonds. The van der Waals surface area contributed by atoms with Gasteiger partial charge in [-0.15, -0.1) is 0 Å². The molecule has 2 unspecified atom stereocenters. The number of allylic oxidation sites excluding steroid dienone is 3. The van der Waals surface area contributed by atoms with E-state index in [4.69, 9.17) is 9.63 Å². The molecule has 0 rings (SSSR count). The Morgan fingerprint density at radius 3 is 1.96 bits per heavy atom. The zero-order valence-electron chi connectivity index (χ0n) is 15.2. The maximum absolute atomic E-state index is 8.68. The minimum absolute atomic E-state index is 0.282.